The molecule has 3 rings (SSSR count). The van der Waals surface area contributed by atoms with Gasteiger partial charge in [-0.1, -0.05) is 0 Å². The van der Waals surface area contributed by atoms with Crippen LogP contribution in [0.2, 0.25) is 0 Å². The van der Waals surface area contributed by atoms with E-state index >= 15 is 0 Å². The summed E-state index contributed by atoms with van der Waals surface area (Å²) in [5, 5.41) is 7.82. The van der Waals surface area contributed by atoms with Gasteiger partial charge >= 0.3 is 12.3 Å². The molecule has 15 heteroatoms. The van der Waals surface area contributed by atoms with Crippen molar-refractivity contribution in [3.63, 3.8) is 0 Å². The molecule has 3 heterocycles. The number of carbonyl (C=O) groups is 2. The summed E-state index contributed by atoms with van der Waals surface area (Å²) in [5.41, 5.74) is 1.73. The number of rotatable bonds is 8. The third-order valence-corrected chi connectivity index (χ3v) is 7.23. The number of thioether (sulfide) groups is 1. The van der Waals surface area contributed by atoms with Crippen LogP contribution in [0.1, 0.15) is 25.9 Å². The molecule has 38 heavy (non-hydrogen) atoms. The van der Waals surface area contributed by atoms with E-state index in [1.807, 2.05) is 19.3 Å². The molecule has 1 aliphatic heterocycles. The fourth-order valence-electron chi connectivity index (χ4n) is 3.68. The van der Waals surface area contributed by atoms with Gasteiger partial charge in [0.2, 0.25) is 0 Å². The Bertz CT molecular complexity index is 1170. The maximum Gasteiger partial charge on any atom is 0.409 e. The highest BCUT2D eigenvalue weighted by atomic mass is 32.2. The van der Waals surface area contributed by atoms with Gasteiger partial charge in [0.15, 0.2) is 0 Å². The molecule has 0 bridgehead atoms. The number of ether oxygens (including phenoxy) is 1. The number of amides is 2. The zero-order chi connectivity index (χ0) is 27.9. The summed E-state index contributed by atoms with van der Waals surface area (Å²) in [7, 11) is 1.19. The van der Waals surface area contributed by atoms with E-state index in [4.69, 9.17) is 0 Å². The highest BCUT2D eigenvalue weighted by molar-refractivity contribution is 8.02. The molecule has 2 aromatic rings. The van der Waals surface area contributed by atoms with Crippen LogP contribution in [0.25, 0.3) is 5.70 Å². The lowest BCUT2D eigenvalue weighted by molar-refractivity contribution is -0.170. The minimum atomic E-state index is -4.53. The molecule has 0 spiro atoms. The Kier molecular flexibility index (Phi) is 10.1. The number of hydrazine groups is 1. The Morgan fingerprint density at radius 3 is 2.58 bits per heavy atom. The molecule has 2 aromatic heterocycles. The maximum absolute atomic E-state index is 13.2. The lowest BCUT2D eigenvalue weighted by Gasteiger charge is -2.33. The van der Waals surface area contributed by atoms with E-state index in [1.165, 1.54) is 47.4 Å². The first-order valence-corrected chi connectivity index (χ1v) is 13.3. The first kappa shape index (κ1) is 29.4. The summed E-state index contributed by atoms with van der Waals surface area (Å²) < 4.78 is 44.3. The Labute approximate surface area is 226 Å². The largest absolute Gasteiger partial charge is 0.453 e. The molecule has 2 amide bonds. The number of aromatic nitrogens is 2. The number of methoxy groups -OCH3 is 1. The number of thiazole rings is 1. The van der Waals surface area contributed by atoms with E-state index in [0.717, 1.165) is 31.3 Å². The van der Waals surface area contributed by atoms with Gasteiger partial charge in [-0.15, -0.1) is 23.1 Å². The summed E-state index contributed by atoms with van der Waals surface area (Å²) in [6.45, 7) is 5.86. The second-order valence-electron chi connectivity index (χ2n) is 8.12. The smallest absolute Gasteiger partial charge is 0.409 e. The quantitative estimate of drug-likeness (QED) is 0.285. The average molecular weight is 572 g/mol. The van der Waals surface area contributed by atoms with Crippen LogP contribution >= 0.6 is 23.1 Å². The standard InChI is InChI=1S/C23H28F3N7O3S2/c1-15-20(38-16(2)30-15)18(27-3)12-37-14-29-19-6-5-17(11-28-19)21(34)33-10-8-31(22(35)36-4)7-9-32(33)13-23(24,25)26/h5-6,11-12H,3,7-10,13-14H2,1-2,4H3,(H,28,29)/b18-12-. The number of nitrogens with one attached hydrogen (secondary N) is 1. The van der Waals surface area contributed by atoms with Crippen molar-refractivity contribution in [2.45, 2.75) is 20.0 Å². The van der Waals surface area contributed by atoms with Gasteiger partial charge < -0.3 is 15.0 Å². The van der Waals surface area contributed by atoms with Crippen molar-refractivity contribution in [2.24, 2.45) is 4.99 Å². The van der Waals surface area contributed by atoms with Crippen LogP contribution in [0.5, 0.6) is 0 Å². The Morgan fingerprint density at radius 2 is 2.00 bits per heavy atom. The molecule has 0 saturated carbocycles. The number of hydrogen-bond acceptors (Lipinski definition) is 10. The molecule has 0 unspecified atom stereocenters. The van der Waals surface area contributed by atoms with Crippen molar-refractivity contribution in [3.8, 4) is 0 Å². The number of anilines is 1. The fraction of sp³-hybridized carbons (Fsp3) is 0.435. The Hall–Kier alpha value is -3.17. The third kappa shape index (κ3) is 7.91. The van der Waals surface area contributed by atoms with Crippen LogP contribution in [0.15, 0.2) is 28.7 Å². The number of carbonyl (C=O) groups excluding carboxylic acids is 2. The van der Waals surface area contributed by atoms with E-state index in [9.17, 15) is 22.8 Å². The maximum atomic E-state index is 13.2. The summed E-state index contributed by atoms with van der Waals surface area (Å²) in [4.78, 5) is 39.9. The van der Waals surface area contributed by atoms with Crippen LogP contribution in [0.4, 0.5) is 23.8 Å². The number of hydrogen-bond donors (Lipinski definition) is 1. The van der Waals surface area contributed by atoms with E-state index in [0.29, 0.717) is 11.7 Å². The Balaban J connectivity index is 1.64. The topological polar surface area (TPSA) is 103 Å². The number of aliphatic imine (C=N–C) groups is 1. The summed E-state index contributed by atoms with van der Waals surface area (Å²) in [6, 6.07) is 3.07. The SMILES string of the molecule is C=N/C(=C\SCNc1ccc(C(=O)N2CCN(C(=O)OC)CCN2CC(F)(F)F)cn1)c1sc(C)nc1C. The van der Waals surface area contributed by atoms with Gasteiger partial charge in [0.25, 0.3) is 5.91 Å². The second-order valence-corrected chi connectivity index (χ2v) is 10.2. The normalized spacial score (nSPS) is 15.3. The molecule has 10 nitrogen and oxygen atoms in total. The first-order valence-electron chi connectivity index (χ1n) is 11.4. The van der Waals surface area contributed by atoms with E-state index in [1.54, 1.807) is 6.07 Å². The van der Waals surface area contributed by atoms with Crippen LogP contribution in [0.3, 0.4) is 0 Å². The van der Waals surface area contributed by atoms with Crippen LogP contribution in [-0.4, -0.2) is 95.5 Å². The molecule has 0 radical (unpaired) electrons. The van der Waals surface area contributed by atoms with Crippen molar-refractivity contribution >= 4 is 53.3 Å². The van der Waals surface area contributed by atoms with Crippen molar-refractivity contribution < 1.29 is 27.5 Å². The molecular formula is C23H28F3N7O3S2. The number of aryl methyl sites for hydroxylation is 2. The number of pyridine rings is 1. The van der Waals surface area contributed by atoms with Gasteiger partial charge in [-0.05, 0) is 38.1 Å². The summed E-state index contributed by atoms with van der Waals surface area (Å²) in [5.74, 6) is 0.292. The van der Waals surface area contributed by atoms with Gasteiger partial charge in [0.05, 0.1) is 46.4 Å². The lowest BCUT2D eigenvalue weighted by atomic mass is 10.2. The van der Waals surface area contributed by atoms with Gasteiger partial charge in [-0.3, -0.25) is 14.8 Å². The first-order chi connectivity index (χ1) is 18.0. The number of nitrogens with zero attached hydrogens (tertiary/aromatic N) is 6. The predicted molar refractivity (Wildman–Crippen MR) is 142 cm³/mol. The minimum Gasteiger partial charge on any atom is -0.453 e. The lowest BCUT2D eigenvalue weighted by Crippen LogP contribution is -2.50. The molecule has 0 aliphatic carbocycles. The van der Waals surface area contributed by atoms with Crippen molar-refractivity contribution in [2.75, 3.05) is 51.0 Å². The minimum absolute atomic E-state index is 0.00891. The Morgan fingerprint density at radius 1 is 1.26 bits per heavy atom. The molecule has 1 fully saturated rings. The average Bonchev–Trinajstić information content (AvgIpc) is 3.08. The zero-order valence-corrected chi connectivity index (χ0v) is 22.8. The van der Waals surface area contributed by atoms with E-state index < -0.39 is 24.7 Å². The van der Waals surface area contributed by atoms with Crippen LogP contribution in [-0.2, 0) is 4.74 Å². The summed E-state index contributed by atoms with van der Waals surface area (Å²) >= 11 is 2.98. The van der Waals surface area contributed by atoms with Crippen molar-refractivity contribution in [3.05, 3.63) is 44.9 Å². The molecule has 1 N–H and O–H groups in total. The van der Waals surface area contributed by atoms with E-state index in [2.05, 4.69) is 31.7 Å². The van der Waals surface area contributed by atoms with Crippen LogP contribution < -0.4 is 5.32 Å². The zero-order valence-electron chi connectivity index (χ0n) is 21.1. The molecule has 0 atom stereocenters. The molecular weight excluding hydrogens is 543 g/mol. The van der Waals surface area contributed by atoms with Gasteiger partial charge in [0.1, 0.15) is 12.4 Å². The monoisotopic (exact) mass is 571 g/mol. The third-order valence-electron chi connectivity index (χ3n) is 5.43. The van der Waals surface area contributed by atoms with Gasteiger partial charge in [0, 0.05) is 25.8 Å². The van der Waals surface area contributed by atoms with Crippen LogP contribution in [0, 0.1) is 13.8 Å². The van der Waals surface area contributed by atoms with E-state index in [-0.39, 0.29) is 31.7 Å². The van der Waals surface area contributed by atoms with Gasteiger partial charge in [-0.2, -0.15) is 13.2 Å². The van der Waals surface area contributed by atoms with Crippen molar-refractivity contribution in [1.82, 2.24) is 24.9 Å². The number of halogens is 3. The number of alkyl halides is 3. The fourth-order valence-corrected chi connectivity index (χ4v) is 5.32. The summed E-state index contributed by atoms with van der Waals surface area (Å²) in [6.07, 6.45) is -3.89. The van der Waals surface area contributed by atoms with Crippen molar-refractivity contribution in [1.29, 1.82) is 0 Å². The highest BCUT2D eigenvalue weighted by Crippen LogP contribution is 2.28. The predicted octanol–water partition coefficient (Wildman–Crippen LogP) is 4.26. The molecule has 0 aromatic carbocycles. The highest BCUT2D eigenvalue weighted by Gasteiger charge is 2.37. The molecule has 1 aliphatic rings. The van der Waals surface area contributed by atoms with Gasteiger partial charge in [-0.25, -0.2) is 19.8 Å². The molecule has 206 valence electrons. The molecule has 1 saturated heterocycles. The second kappa shape index (κ2) is 13.1.